The number of hydrogen-bond donors (Lipinski definition) is 1. The van der Waals surface area contributed by atoms with Crippen molar-refractivity contribution >= 4 is 0 Å². The Balaban J connectivity index is 2.30. The van der Waals surface area contributed by atoms with E-state index >= 15 is 0 Å². The molecule has 1 N–H and O–H groups in total. The molecule has 3 nitrogen and oxygen atoms in total. The number of aromatic nitrogens is 2. The number of nitrogens with zero attached hydrogens (tertiary/aromatic N) is 2. The molecule has 0 fully saturated rings. The summed E-state index contributed by atoms with van der Waals surface area (Å²) < 4.78 is 0. The molecule has 0 spiro atoms. The molecule has 13 heavy (non-hydrogen) atoms. The zero-order chi connectivity index (χ0) is 9.26. The third-order valence-electron chi connectivity index (χ3n) is 2.65. The van der Waals surface area contributed by atoms with Crippen LogP contribution in [-0.4, -0.2) is 17.0 Å². The lowest BCUT2D eigenvalue weighted by Crippen LogP contribution is -2.16. The number of rotatable bonds is 2. The highest BCUT2D eigenvalue weighted by Gasteiger charge is 2.15. The summed E-state index contributed by atoms with van der Waals surface area (Å²) in [5, 5.41) is 3.15. The van der Waals surface area contributed by atoms with Crippen molar-refractivity contribution in [2.75, 3.05) is 7.05 Å². The van der Waals surface area contributed by atoms with E-state index in [0.717, 1.165) is 18.7 Å². The van der Waals surface area contributed by atoms with E-state index in [-0.39, 0.29) is 6.04 Å². The molecule has 0 saturated heterocycles. The molecule has 0 aliphatic heterocycles. The van der Waals surface area contributed by atoms with Gasteiger partial charge in [0, 0.05) is 11.9 Å². The van der Waals surface area contributed by atoms with E-state index in [1.54, 1.807) is 0 Å². The van der Waals surface area contributed by atoms with E-state index < -0.39 is 0 Å². The highest BCUT2D eigenvalue weighted by Crippen LogP contribution is 2.19. The van der Waals surface area contributed by atoms with E-state index in [2.05, 4.69) is 22.2 Å². The SMILES string of the molecule is CNC(C)c1ncc2c(n1)CCC2. The van der Waals surface area contributed by atoms with E-state index in [1.807, 2.05) is 13.2 Å². The lowest BCUT2D eigenvalue weighted by atomic mass is 10.2. The Hall–Kier alpha value is -0.960. The van der Waals surface area contributed by atoms with Gasteiger partial charge in [-0.2, -0.15) is 0 Å². The molecule has 1 unspecified atom stereocenters. The minimum Gasteiger partial charge on any atom is -0.311 e. The summed E-state index contributed by atoms with van der Waals surface area (Å²) in [6.07, 6.45) is 5.50. The first-order valence-electron chi connectivity index (χ1n) is 4.83. The molecule has 1 aromatic heterocycles. The molecule has 0 amide bonds. The first-order chi connectivity index (χ1) is 6.31. The molecule has 1 atom stereocenters. The van der Waals surface area contributed by atoms with Crippen molar-refractivity contribution in [1.29, 1.82) is 0 Å². The summed E-state index contributed by atoms with van der Waals surface area (Å²) in [7, 11) is 1.93. The first kappa shape index (κ1) is 8.63. The maximum atomic E-state index is 4.55. The number of hydrogen-bond acceptors (Lipinski definition) is 3. The van der Waals surface area contributed by atoms with Gasteiger partial charge in [-0.3, -0.25) is 0 Å². The largest absolute Gasteiger partial charge is 0.311 e. The molecular formula is C10H15N3. The van der Waals surface area contributed by atoms with Gasteiger partial charge in [0.1, 0.15) is 5.82 Å². The van der Waals surface area contributed by atoms with Gasteiger partial charge in [0.15, 0.2) is 0 Å². The fourth-order valence-corrected chi connectivity index (χ4v) is 1.67. The Kier molecular flexibility index (Phi) is 2.27. The fraction of sp³-hybridized carbons (Fsp3) is 0.600. The summed E-state index contributed by atoms with van der Waals surface area (Å²) in [4.78, 5) is 8.90. The Bertz CT molecular complexity index is 309. The maximum Gasteiger partial charge on any atom is 0.145 e. The van der Waals surface area contributed by atoms with Crippen molar-refractivity contribution in [3.63, 3.8) is 0 Å². The number of fused-ring (bicyclic) bond motifs is 1. The monoisotopic (exact) mass is 177 g/mol. The Morgan fingerprint density at radius 3 is 3.08 bits per heavy atom. The third-order valence-corrected chi connectivity index (χ3v) is 2.65. The van der Waals surface area contributed by atoms with Crippen LogP contribution in [0.2, 0.25) is 0 Å². The van der Waals surface area contributed by atoms with E-state index in [4.69, 9.17) is 0 Å². The van der Waals surface area contributed by atoms with Crippen LogP contribution in [0.5, 0.6) is 0 Å². The van der Waals surface area contributed by atoms with Crippen molar-refractivity contribution in [1.82, 2.24) is 15.3 Å². The summed E-state index contributed by atoms with van der Waals surface area (Å²) in [6, 6.07) is 0.255. The second-order valence-corrected chi connectivity index (χ2v) is 3.56. The molecule has 1 aliphatic rings. The molecule has 1 aliphatic carbocycles. The van der Waals surface area contributed by atoms with Crippen LogP contribution in [-0.2, 0) is 12.8 Å². The number of nitrogens with one attached hydrogen (secondary N) is 1. The van der Waals surface area contributed by atoms with Crippen molar-refractivity contribution in [2.24, 2.45) is 0 Å². The van der Waals surface area contributed by atoms with Gasteiger partial charge < -0.3 is 5.32 Å². The molecule has 1 heterocycles. The van der Waals surface area contributed by atoms with Gasteiger partial charge in [-0.05, 0) is 38.8 Å². The van der Waals surface area contributed by atoms with Crippen molar-refractivity contribution < 1.29 is 0 Å². The summed E-state index contributed by atoms with van der Waals surface area (Å²) in [5.74, 6) is 0.920. The fourth-order valence-electron chi connectivity index (χ4n) is 1.67. The van der Waals surface area contributed by atoms with Gasteiger partial charge in [0.25, 0.3) is 0 Å². The van der Waals surface area contributed by atoms with Crippen LogP contribution in [0.15, 0.2) is 6.20 Å². The van der Waals surface area contributed by atoms with Crippen LogP contribution in [0, 0.1) is 0 Å². The Labute approximate surface area is 78.6 Å². The summed E-state index contributed by atoms with van der Waals surface area (Å²) in [5.41, 5.74) is 2.60. The zero-order valence-corrected chi connectivity index (χ0v) is 8.17. The minimum absolute atomic E-state index is 0.255. The van der Waals surface area contributed by atoms with Crippen molar-refractivity contribution in [3.8, 4) is 0 Å². The Morgan fingerprint density at radius 1 is 1.46 bits per heavy atom. The number of aryl methyl sites for hydroxylation is 2. The molecular weight excluding hydrogens is 162 g/mol. The van der Waals surface area contributed by atoms with Gasteiger partial charge in [-0.1, -0.05) is 0 Å². The topological polar surface area (TPSA) is 37.8 Å². The molecule has 1 aromatic rings. The van der Waals surface area contributed by atoms with E-state index in [9.17, 15) is 0 Å². The minimum atomic E-state index is 0.255. The predicted octanol–water partition coefficient (Wildman–Crippen LogP) is 1.25. The predicted molar refractivity (Wildman–Crippen MR) is 51.5 cm³/mol. The van der Waals surface area contributed by atoms with Crippen LogP contribution in [0.3, 0.4) is 0 Å². The van der Waals surface area contributed by atoms with Crippen molar-refractivity contribution in [3.05, 3.63) is 23.3 Å². The standard InChI is InChI=1S/C10H15N3/c1-7(11-2)10-12-6-8-4-3-5-9(8)13-10/h6-7,11H,3-5H2,1-2H3. The third kappa shape index (κ3) is 1.56. The van der Waals surface area contributed by atoms with Crippen molar-refractivity contribution in [2.45, 2.75) is 32.2 Å². The lowest BCUT2D eigenvalue weighted by Gasteiger charge is -2.09. The molecule has 70 valence electrons. The van der Waals surface area contributed by atoms with Crippen LogP contribution in [0.1, 0.15) is 36.5 Å². The molecule has 0 aromatic carbocycles. The van der Waals surface area contributed by atoms with Gasteiger partial charge in [0.2, 0.25) is 0 Å². The smallest absolute Gasteiger partial charge is 0.145 e. The highest BCUT2D eigenvalue weighted by molar-refractivity contribution is 5.22. The summed E-state index contributed by atoms with van der Waals surface area (Å²) >= 11 is 0. The lowest BCUT2D eigenvalue weighted by molar-refractivity contribution is 0.606. The zero-order valence-electron chi connectivity index (χ0n) is 8.17. The van der Waals surface area contributed by atoms with E-state index in [1.165, 1.54) is 17.7 Å². The second kappa shape index (κ2) is 3.42. The van der Waals surface area contributed by atoms with Crippen LogP contribution >= 0.6 is 0 Å². The average molecular weight is 177 g/mol. The summed E-state index contributed by atoms with van der Waals surface area (Å²) in [6.45, 7) is 2.08. The van der Waals surface area contributed by atoms with Crippen LogP contribution in [0.25, 0.3) is 0 Å². The van der Waals surface area contributed by atoms with Gasteiger partial charge >= 0.3 is 0 Å². The average Bonchev–Trinajstić information content (AvgIpc) is 2.63. The molecule has 2 rings (SSSR count). The molecule has 0 bridgehead atoms. The maximum absolute atomic E-state index is 4.55. The van der Waals surface area contributed by atoms with Gasteiger partial charge in [-0.15, -0.1) is 0 Å². The highest BCUT2D eigenvalue weighted by atomic mass is 15.0. The van der Waals surface area contributed by atoms with Gasteiger partial charge in [0.05, 0.1) is 6.04 Å². The normalized spacial score (nSPS) is 17.1. The van der Waals surface area contributed by atoms with E-state index in [0.29, 0.717) is 0 Å². The van der Waals surface area contributed by atoms with Crippen LogP contribution in [0.4, 0.5) is 0 Å². The quantitative estimate of drug-likeness (QED) is 0.738. The molecule has 0 radical (unpaired) electrons. The van der Waals surface area contributed by atoms with Crippen LogP contribution < -0.4 is 5.32 Å². The molecule has 0 saturated carbocycles. The first-order valence-corrected chi connectivity index (χ1v) is 4.83. The van der Waals surface area contributed by atoms with Gasteiger partial charge in [-0.25, -0.2) is 9.97 Å². The Morgan fingerprint density at radius 2 is 2.31 bits per heavy atom. The molecule has 3 heteroatoms. The second-order valence-electron chi connectivity index (χ2n) is 3.56.